The monoisotopic (exact) mass is 620 g/mol. The van der Waals surface area contributed by atoms with Crippen molar-refractivity contribution in [2.45, 2.75) is 43.2 Å². The van der Waals surface area contributed by atoms with E-state index in [-0.39, 0.29) is 77.3 Å². The summed E-state index contributed by atoms with van der Waals surface area (Å²) in [6.45, 7) is -1.18. The van der Waals surface area contributed by atoms with Crippen molar-refractivity contribution >= 4 is 33.2 Å². The van der Waals surface area contributed by atoms with E-state index in [2.05, 4.69) is 20.9 Å². The van der Waals surface area contributed by atoms with Crippen molar-refractivity contribution in [3.63, 3.8) is 0 Å². The summed E-state index contributed by atoms with van der Waals surface area (Å²) in [6.07, 6.45) is 5.50. The lowest BCUT2D eigenvalue weighted by Gasteiger charge is -2.31. The van der Waals surface area contributed by atoms with Gasteiger partial charge in [-0.05, 0) is 43.0 Å². The number of nitrogens with zero attached hydrogens (tertiary/aromatic N) is 5. The summed E-state index contributed by atoms with van der Waals surface area (Å²) in [5.41, 5.74) is 4.66. The number of pyridine rings is 1. The van der Waals surface area contributed by atoms with E-state index in [9.17, 15) is 13.2 Å². The molecule has 2 N–H and O–H groups in total. The lowest BCUT2D eigenvalue weighted by molar-refractivity contribution is 0.107. The Labute approximate surface area is 259 Å². The molecule has 5 atom stereocenters. The maximum atomic E-state index is 16.9. The molecule has 0 bridgehead atoms. The van der Waals surface area contributed by atoms with Crippen molar-refractivity contribution in [1.29, 1.82) is 0 Å². The summed E-state index contributed by atoms with van der Waals surface area (Å²) >= 11 is 0. The number of fused-ring (bicyclic) bond motifs is 4. The highest BCUT2D eigenvalue weighted by Crippen LogP contribution is 2.46. The van der Waals surface area contributed by atoms with Crippen LogP contribution in [0.5, 0.6) is 6.01 Å². The normalized spacial score (nSPS) is 28.7. The van der Waals surface area contributed by atoms with Gasteiger partial charge in [-0.3, -0.25) is 9.88 Å². The van der Waals surface area contributed by atoms with Gasteiger partial charge in [0.05, 0.1) is 38.5 Å². The summed E-state index contributed by atoms with van der Waals surface area (Å²) in [4.78, 5) is 16.7. The lowest BCUT2D eigenvalue weighted by atomic mass is 9.95. The van der Waals surface area contributed by atoms with Crippen LogP contribution in [0.1, 0.15) is 27.6 Å². The van der Waals surface area contributed by atoms with Gasteiger partial charge in [-0.15, -0.1) is 6.42 Å². The zero-order chi connectivity index (χ0) is 32.8. The number of halogens is 4. The third-order valence-corrected chi connectivity index (χ3v) is 9.52. The summed E-state index contributed by atoms with van der Waals surface area (Å²) < 4.78 is 90.8. The third-order valence-electron chi connectivity index (χ3n) is 9.52. The van der Waals surface area contributed by atoms with Gasteiger partial charge in [0.25, 0.3) is 0 Å². The van der Waals surface area contributed by atoms with Crippen LogP contribution in [0.25, 0.3) is 32.9 Å². The van der Waals surface area contributed by atoms with Crippen LogP contribution < -0.4 is 15.4 Å². The topological polar surface area (TPSA) is 89.6 Å². The number of terminal acetylenes is 1. The van der Waals surface area contributed by atoms with Gasteiger partial charge in [-0.1, -0.05) is 12.0 Å². The Balaban J connectivity index is 1.32. The number of ether oxygens (including phenoxy) is 2. The molecule has 2 aromatic carbocycles. The number of hydrogen-bond acceptors (Lipinski definition) is 8. The Bertz CT molecular complexity index is 2000. The molecule has 45 heavy (non-hydrogen) atoms. The van der Waals surface area contributed by atoms with Crippen LogP contribution in [0.4, 0.5) is 29.1 Å². The van der Waals surface area contributed by atoms with Crippen molar-refractivity contribution < 1.29 is 29.8 Å². The summed E-state index contributed by atoms with van der Waals surface area (Å²) in [5.74, 6) is 0.393. The maximum Gasteiger partial charge on any atom is 0.319 e. The molecule has 3 saturated heterocycles. The number of rotatable bonds is 5. The summed E-state index contributed by atoms with van der Waals surface area (Å²) in [7, 11) is 0. The Kier molecular flexibility index (Phi) is 6.03. The Morgan fingerprint density at radius 1 is 1.22 bits per heavy atom. The molecule has 8 rings (SSSR count). The number of benzene rings is 2. The molecule has 0 radical (unpaired) electrons. The first-order chi connectivity index (χ1) is 22.5. The fraction of sp³-hybridized carbons (Fsp3) is 0.424. The average molecular weight is 621 g/mol. The highest BCUT2D eigenvalue weighted by Gasteiger charge is 2.56. The van der Waals surface area contributed by atoms with Crippen LogP contribution in [0, 0.1) is 29.9 Å². The van der Waals surface area contributed by atoms with Gasteiger partial charge in [-0.25, -0.2) is 17.6 Å². The highest BCUT2D eigenvalue weighted by atomic mass is 19.1. The maximum absolute atomic E-state index is 16.9. The quantitative estimate of drug-likeness (QED) is 0.193. The van der Waals surface area contributed by atoms with Gasteiger partial charge >= 0.3 is 6.01 Å². The third kappa shape index (κ3) is 4.47. The van der Waals surface area contributed by atoms with Gasteiger partial charge in [0, 0.05) is 48.3 Å². The average Bonchev–Trinajstić information content (AvgIpc) is 3.39. The van der Waals surface area contributed by atoms with E-state index in [1.54, 1.807) is 15.9 Å². The van der Waals surface area contributed by atoms with Crippen molar-refractivity contribution in [3.05, 3.63) is 47.7 Å². The smallest absolute Gasteiger partial charge is 0.319 e. The molecule has 4 aliphatic rings. The Hall–Kier alpha value is -4.21. The second-order valence-electron chi connectivity index (χ2n) is 12.2. The molecule has 3 aliphatic heterocycles. The van der Waals surface area contributed by atoms with Crippen LogP contribution in [0.3, 0.4) is 0 Å². The lowest BCUT2D eigenvalue weighted by Crippen LogP contribution is -2.43. The zero-order valence-corrected chi connectivity index (χ0v) is 24.1. The minimum atomic E-state index is -2.46. The minimum absolute atomic E-state index is 0.0732. The number of anilines is 2. The second-order valence-corrected chi connectivity index (χ2v) is 12.2. The Morgan fingerprint density at radius 3 is 2.93 bits per heavy atom. The molecule has 12 heteroatoms. The SMILES string of the molecule is [2H]C([2H])(Oc1nc(N2CCOC[C@H]3[C@H](F)[C@H]32)c2cnc(-c3cc(N)cc4ccc(F)c(C#C)c34)c(F)c2n1)[C@@]12CCCN1C[C@H](F)C2. The molecular formula is C33H30F4N6O2. The van der Waals surface area contributed by atoms with E-state index in [0.29, 0.717) is 24.8 Å². The van der Waals surface area contributed by atoms with Gasteiger partial charge in [0.1, 0.15) is 41.7 Å². The van der Waals surface area contributed by atoms with Gasteiger partial charge in [0.2, 0.25) is 0 Å². The van der Waals surface area contributed by atoms with Crippen LogP contribution in [-0.4, -0.2) is 83.2 Å². The zero-order valence-electron chi connectivity index (χ0n) is 26.1. The van der Waals surface area contributed by atoms with Crippen molar-refractivity contribution in [3.8, 4) is 29.6 Å². The molecule has 1 saturated carbocycles. The molecule has 0 amide bonds. The first-order valence-corrected chi connectivity index (χ1v) is 14.9. The molecule has 8 nitrogen and oxygen atoms in total. The fourth-order valence-electron chi connectivity index (χ4n) is 7.35. The minimum Gasteiger partial charge on any atom is -0.461 e. The standard InChI is InChI=1S/C33H30F4N6O2/c1-2-20-24(35)5-4-17-10-19(38)11-21(25(17)20)28-27(37)29-22(13-39-28)31(43-8-9-44-15-23-26(36)30(23)43)41-32(40-29)45-16-33-6-3-7-42(33)14-18(34)12-33/h1,4-5,10-11,13,18,23,26,30H,3,6-9,12,14-16,38H2/t18-,23+,26+,30+,33+/m1/s1/i16D2. The Morgan fingerprint density at radius 2 is 2.09 bits per heavy atom. The van der Waals surface area contributed by atoms with Gasteiger partial charge < -0.3 is 20.1 Å². The predicted molar refractivity (Wildman–Crippen MR) is 161 cm³/mol. The molecular weight excluding hydrogens is 588 g/mol. The number of nitrogen functional groups attached to an aromatic ring is 1. The van der Waals surface area contributed by atoms with Gasteiger partial charge in [0.15, 0.2) is 5.82 Å². The number of aromatic nitrogens is 3. The first kappa shape index (κ1) is 26.1. The van der Waals surface area contributed by atoms with Gasteiger partial charge in [-0.2, -0.15) is 9.97 Å². The van der Waals surface area contributed by atoms with E-state index < -0.39 is 54.0 Å². The van der Waals surface area contributed by atoms with E-state index in [4.69, 9.17) is 24.4 Å². The van der Waals surface area contributed by atoms with Crippen LogP contribution in [0.2, 0.25) is 0 Å². The van der Waals surface area contributed by atoms with E-state index in [1.165, 1.54) is 24.4 Å². The molecule has 4 aromatic rings. The largest absolute Gasteiger partial charge is 0.461 e. The summed E-state index contributed by atoms with van der Waals surface area (Å²) in [6, 6.07) is 4.61. The van der Waals surface area contributed by atoms with Crippen molar-refractivity contribution in [2.24, 2.45) is 5.92 Å². The van der Waals surface area contributed by atoms with E-state index in [0.717, 1.165) is 0 Å². The molecule has 5 heterocycles. The molecule has 4 fully saturated rings. The fourth-order valence-corrected chi connectivity index (χ4v) is 7.35. The first-order valence-electron chi connectivity index (χ1n) is 15.9. The number of alkyl halides is 2. The van der Waals surface area contributed by atoms with Crippen LogP contribution in [0.15, 0.2) is 30.5 Å². The van der Waals surface area contributed by atoms with Crippen molar-refractivity contribution in [1.82, 2.24) is 19.9 Å². The number of nitrogens with two attached hydrogens (primary N) is 1. The molecule has 0 spiro atoms. The molecule has 1 aliphatic carbocycles. The van der Waals surface area contributed by atoms with Crippen molar-refractivity contribution in [2.75, 3.05) is 50.0 Å². The summed E-state index contributed by atoms with van der Waals surface area (Å²) in [5, 5.41) is 0.821. The predicted octanol–water partition coefficient (Wildman–Crippen LogP) is 4.82. The number of hydrogen-bond donors (Lipinski definition) is 1. The van der Waals surface area contributed by atoms with Crippen LogP contribution >= 0.6 is 0 Å². The highest BCUT2D eigenvalue weighted by molar-refractivity contribution is 6.03. The van der Waals surface area contributed by atoms with E-state index in [1.807, 2.05) is 0 Å². The molecule has 2 aromatic heterocycles. The van der Waals surface area contributed by atoms with E-state index >= 15 is 4.39 Å². The second kappa shape index (κ2) is 10.4. The molecule has 232 valence electrons. The molecule has 0 unspecified atom stereocenters. The van der Waals surface area contributed by atoms with Crippen LogP contribution in [-0.2, 0) is 4.74 Å².